The molecule has 0 aromatic rings. The van der Waals surface area contributed by atoms with Crippen molar-refractivity contribution in [1.29, 1.82) is 0 Å². The summed E-state index contributed by atoms with van der Waals surface area (Å²) in [6.45, 7) is 6.49. The van der Waals surface area contributed by atoms with E-state index in [9.17, 15) is 14.4 Å². The van der Waals surface area contributed by atoms with Crippen LogP contribution in [-0.4, -0.2) is 37.2 Å². The third-order valence-electron chi connectivity index (χ3n) is 12.5. The molecule has 1 unspecified atom stereocenters. The number of esters is 3. The number of hydrogen-bond acceptors (Lipinski definition) is 6. The molecule has 0 fully saturated rings. The molecule has 0 amide bonds. The predicted octanol–water partition coefficient (Wildman–Crippen LogP) is 19.4. The normalized spacial score (nSPS) is 12.6. The van der Waals surface area contributed by atoms with E-state index in [2.05, 4.69) is 93.7 Å². The van der Waals surface area contributed by atoms with Crippen molar-refractivity contribution in [3.63, 3.8) is 0 Å². The highest BCUT2D eigenvalue weighted by molar-refractivity contribution is 5.71. The topological polar surface area (TPSA) is 78.9 Å². The Kier molecular flexibility index (Phi) is 53.8. The first kappa shape index (κ1) is 64.8. The number of carbonyl (C=O) groups excluding carboxylic acids is 3. The molecule has 0 rings (SSSR count). The van der Waals surface area contributed by atoms with Crippen LogP contribution in [0.2, 0.25) is 0 Å². The Hall–Kier alpha value is -3.15. The van der Waals surface area contributed by atoms with Gasteiger partial charge in [-0.3, -0.25) is 14.4 Å². The van der Waals surface area contributed by atoms with Gasteiger partial charge in [-0.25, -0.2) is 0 Å². The van der Waals surface area contributed by atoms with Crippen molar-refractivity contribution in [2.45, 2.75) is 290 Å². The van der Waals surface area contributed by atoms with E-state index >= 15 is 0 Å². The molecule has 6 nitrogen and oxygen atoms in total. The zero-order valence-corrected chi connectivity index (χ0v) is 44.9. The molecule has 68 heavy (non-hydrogen) atoms. The number of allylic oxidation sites excluding steroid dienone is 12. The van der Waals surface area contributed by atoms with E-state index in [1.165, 1.54) is 141 Å². The quantitative estimate of drug-likeness (QED) is 0.0199. The Morgan fingerprint density at radius 1 is 0.309 bits per heavy atom. The fraction of sp³-hybridized carbons (Fsp3) is 0.758. The molecule has 392 valence electrons. The highest BCUT2D eigenvalue weighted by atomic mass is 16.6. The van der Waals surface area contributed by atoms with Crippen LogP contribution in [0.5, 0.6) is 0 Å². The Labute approximate surface area is 421 Å². The number of unbranched alkanes of at least 4 members (excludes halogenated alkanes) is 32. The molecule has 0 bridgehead atoms. The Bertz CT molecular complexity index is 1270. The summed E-state index contributed by atoms with van der Waals surface area (Å²) in [5.41, 5.74) is 0. The van der Waals surface area contributed by atoms with Gasteiger partial charge in [0.25, 0.3) is 0 Å². The lowest BCUT2D eigenvalue weighted by Gasteiger charge is -2.18. The fourth-order valence-electron chi connectivity index (χ4n) is 8.13. The molecular weight excluding hydrogens is 841 g/mol. The molecule has 0 radical (unpaired) electrons. The van der Waals surface area contributed by atoms with Crippen molar-refractivity contribution >= 4 is 17.9 Å². The van der Waals surface area contributed by atoms with E-state index in [1.807, 2.05) is 0 Å². The van der Waals surface area contributed by atoms with Gasteiger partial charge in [0.1, 0.15) is 13.2 Å². The summed E-state index contributed by atoms with van der Waals surface area (Å²) in [6, 6.07) is 0. The zero-order chi connectivity index (χ0) is 49.3. The van der Waals surface area contributed by atoms with Crippen molar-refractivity contribution in [2.75, 3.05) is 13.2 Å². The standard InChI is InChI=1S/C62H108O6/c1-4-7-10-13-16-19-22-25-27-29-31-33-34-37-40-43-46-49-52-55-61(64)67-58-59(57-66-60(63)54-51-48-45-42-39-36-24-21-18-15-12-9-6-3)68-62(65)56-53-50-47-44-41-38-35-32-30-28-26-23-20-17-14-11-8-5-2/h9,12,15,18,21,24,28-32,35,59H,4-8,10-11,13-14,16-17,19-20,22-23,25-27,33-34,36-58H2,1-3H3/b12-9-,18-15-,24-21-,30-28-,31-29-,35-32-. The molecule has 0 aliphatic rings. The van der Waals surface area contributed by atoms with Crippen LogP contribution in [0.3, 0.4) is 0 Å². The summed E-state index contributed by atoms with van der Waals surface area (Å²) in [7, 11) is 0. The molecule has 6 heteroatoms. The predicted molar refractivity (Wildman–Crippen MR) is 293 cm³/mol. The number of ether oxygens (including phenoxy) is 3. The summed E-state index contributed by atoms with van der Waals surface area (Å²) < 4.78 is 16.8. The molecule has 1 atom stereocenters. The second kappa shape index (κ2) is 56.4. The maximum absolute atomic E-state index is 12.9. The summed E-state index contributed by atoms with van der Waals surface area (Å²) >= 11 is 0. The Morgan fingerprint density at radius 3 is 0.941 bits per heavy atom. The lowest BCUT2D eigenvalue weighted by atomic mass is 10.1. The molecule has 0 aliphatic heterocycles. The minimum absolute atomic E-state index is 0.0903. The van der Waals surface area contributed by atoms with E-state index in [0.717, 1.165) is 103 Å². The minimum atomic E-state index is -0.794. The van der Waals surface area contributed by atoms with Gasteiger partial charge in [-0.1, -0.05) is 248 Å². The fourth-order valence-corrected chi connectivity index (χ4v) is 8.13. The minimum Gasteiger partial charge on any atom is -0.462 e. The lowest BCUT2D eigenvalue weighted by Crippen LogP contribution is -2.30. The van der Waals surface area contributed by atoms with Crippen molar-refractivity contribution in [3.05, 3.63) is 72.9 Å². The summed E-state index contributed by atoms with van der Waals surface area (Å²) in [5.74, 6) is -0.923. The van der Waals surface area contributed by atoms with Gasteiger partial charge in [0, 0.05) is 19.3 Å². The van der Waals surface area contributed by atoms with Gasteiger partial charge < -0.3 is 14.2 Å². The lowest BCUT2D eigenvalue weighted by molar-refractivity contribution is -0.167. The summed E-state index contributed by atoms with van der Waals surface area (Å²) in [5, 5.41) is 0. The Morgan fingerprint density at radius 2 is 0.588 bits per heavy atom. The second-order valence-electron chi connectivity index (χ2n) is 19.3. The molecule has 0 aromatic carbocycles. The van der Waals surface area contributed by atoms with E-state index < -0.39 is 6.10 Å². The van der Waals surface area contributed by atoms with E-state index in [4.69, 9.17) is 14.2 Å². The van der Waals surface area contributed by atoms with Gasteiger partial charge in [0.05, 0.1) is 0 Å². The average molecular weight is 950 g/mol. The highest BCUT2D eigenvalue weighted by Gasteiger charge is 2.19. The monoisotopic (exact) mass is 949 g/mol. The van der Waals surface area contributed by atoms with Gasteiger partial charge in [0.15, 0.2) is 6.10 Å². The molecule has 0 saturated heterocycles. The van der Waals surface area contributed by atoms with Gasteiger partial charge >= 0.3 is 17.9 Å². The van der Waals surface area contributed by atoms with Crippen LogP contribution in [0.4, 0.5) is 0 Å². The van der Waals surface area contributed by atoms with Gasteiger partial charge in [0.2, 0.25) is 0 Å². The second-order valence-corrected chi connectivity index (χ2v) is 19.3. The highest BCUT2D eigenvalue weighted by Crippen LogP contribution is 2.15. The molecule has 0 saturated carbocycles. The van der Waals surface area contributed by atoms with E-state index in [-0.39, 0.29) is 31.1 Å². The molecule has 0 aliphatic carbocycles. The van der Waals surface area contributed by atoms with Crippen molar-refractivity contribution < 1.29 is 28.6 Å². The molecule has 0 heterocycles. The van der Waals surface area contributed by atoms with Crippen molar-refractivity contribution in [2.24, 2.45) is 0 Å². The number of hydrogen-bond donors (Lipinski definition) is 0. The summed E-state index contributed by atoms with van der Waals surface area (Å²) in [4.78, 5) is 38.1. The zero-order valence-electron chi connectivity index (χ0n) is 44.9. The third-order valence-corrected chi connectivity index (χ3v) is 12.5. The van der Waals surface area contributed by atoms with Crippen LogP contribution in [0.25, 0.3) is 0 Å². The maximum atomic E-state index is 12.9. The molecule has 0 aromatic heterocycles. The van der Waals surface area contributed by atoms with Crippen LogP contribution < -0.4 is 0 Å². The van der Waals surface area contributed by atoms with Crippen LogP contribution in [0, 0.1) is 0 Å². The van der Waals surface area contributed by atoms with Crippen molar-refractivity contribution in [1.82, 2.24) is 0 Å². The van der Waals surface area contributed by atoms with Crippen LogP contribution >= 0.6 is 0 Å². The molecular formula is C62H108O6. The largest absolute Gasteiger partial charge is 0.462 e. The maximum Gasteiger partial charge on any atom is 0.306 e. The van der Waals surface area contributed by atoms with E-state index in [0.29, 0.717) is 19.3 Å². The van der Waals surface area contributed by atoms with E-state index in [1.54, 1.807) is 0 Å². The SMILES string of the molecule is CC\C=C/C=C\C=C/CCCCCCCC(=O)OCC(COC(=O)CCCCCCCCC/C=C\CCCCCCCCCC)OC(=O)CCCCCCC/C=C\C=C/CCCCCCCCC. The Balaban J connectivity index is 4.40. The number of rotatable bonds is 52. The van der Waals surface area contributed by atoms with Gasteiger partial charge in [-0.15, -0.1) is 0 Å². The third kappa shape index (κ3) is 53.8. The van der Waals surface area contributed by atoms with Crippen LogP contribution in [-0.2, 0) is 28.6 Å². The van der Waals surface area contributed by atoms with Crippen LogP contribution in [0.15, 0.2) is 72.9 Å². The summed E-state index contributed by atoms with van der Waals surface area (Å²) in [6.07, 6.45) is 71.8. The molecule has 0 N–H and O–H groups in total. The van der Waals surface area contributed by atoms with Crippen molar-refractivity contribution in [3.8, 4) is 0 Å². The average Bonchev–Trinajstić information content (AvgIpc) is 3.34. The first-order valence-electron chi connectivity index (χ1n) is 29.0. The first-order valence-corrected chi connectivity index (χ1v) is 29.0. The first-order chi connectivity index (χ1) is 33.5. The van der Waals surface area contributed by atoms with Gasteiger partial charge in [-0.05, 0) is 89.9 Å². The van der Waals surface area contributed by atoms with Gasteiger partial charge in [-0.2, -0.15) is 0 Å². The molecule has 0 spiro atoms. The number of carbonyl (C=O) groups is 3. The van der Waals surface area contributed by atoms with Crippen LogP contribution in [0.1, 0.15) is 284 Å². The smallest absolute Gasteiger partial charge is 0.306 e.